The Morgan fingerprint density at radius 3 is 2.84 bits per heavy atom. The lowest BCUT2D eigenvalue weighted by molar-refractivity contribution is 0.150. The molecule has 3 nitrogen and oxygen atoms in total. The van der Waals surface area contributed by atoms with E-state index in [0.717, 1.165) is 31.8 Å². The number of aryl methyl sites for hydroxylation is 2. The summed E-state index contributed by atoms with van der Waals surface area (Å²) in [5.41, 5.74) is 9.07. The highest BCUT2D eigenvalue weighted by Gasteiger charge is 2.34. The van der Waals surface area contributed by atoms with Crippen LogP contribution in [-0.4, -0.2) is 16.3 Å². The largest absolute Gasteiger partial charge is 0.330 e. The van der Waals surface area contributed by atoms with Gasteiger partial charge in [0, 0.05) is 12.2 Å². The van der Waals surface area contributed by atoms with Gasteiger partial charge in [-0.25, -0.2) is 0 Å². The minimum atomic E-state index is 0.315. The first kappa shape index (κ1) is 14.6. The molecule has 0 saturated heterocycles. The molecule has 2 N–H and O–H groups in total. The molecule has 1 aliphatic rings. The Balaban J connectivity index is 2.19. The molecular formula is C16H29N3. The molecule has 0 amide bonds. The highest BCUT2D eigenvalue weighted by atomic mass is 15.3. The number of nitrogens with zero attached hydrogens (tertiary/aromatic N) is 2. The van der Waals surface area contributed by atoms with Crippen LogP contribution in [0.3, 0.4) is 0 Å². The molecule has 1 fully saturated rings. The van der Waals surface area contributed by atoms with Crippen LogP contribution in [0.2, 0.25) is 0 Å². The lowest BCUT2D eigenvalue weighted by atomic mass is 9.67. The predicted octanol–water partition coefficient (Wildman–Crippen LogP) is 3.16. The van der Waals surface area contributed by atoms with Gasteiger partial charge >= 0.3 is 0 Å². The van der Waals surface area contributed by atoms with Crippen LogP contribution in [0.4, 0.5) is 0 Å². The summed E-state index contributed by atoms with van der Waals surface area (Å²) in [4.78, 5) is 0. The van der Waals surface area contributed by atoms with Crippen LogP contribution in [0.25, 0.3) is 0 Å². The average molecular weight is 263 g/mol. The smallest absolute Gasteiger partial charge is 0.0624 e. The van der Waals surface area contributed by atoms with Crippen LogP contribution in [0.15, 0.2) is 6.07 Å². The minimum Gasteiger partial charge on any atom is -0.330 e. The molecule has 0 bridgehead atoms. The second kappa shape index (κ2) is 6.08. The van der Waals surface area contributed by atoms with Gasteiger partial charge in [-0.1, -0.05) is 26.7 Å². The molecule has 1 aliphatic carbocycles. The molecule has 2 atom stereocenters. The maximum Gasteiger partial charge on any atom is 0.0624 e. The molecule has 0 aliphatic heterocycles. The standard InChI is InChI=1S/C16H29N3/c1-4-14-9-15(19(5-2)18-14)11-16(12-17)8-6-7-13(3)10-16/h9,13H,4-8,10-12,17H2,1-3H3. The first-order valence-corrected chi connectivity index (χ1v) is 7.88. The van der Waals surface area contributed by atoms with Crippen LogP contribution < -0.4 is 5.73 Å². The van der Waals surface area contributed by atoms with Crippen LogP contribution in [0, 0.1) is 11.3 Å². The predicted molar refractivity (Wildman–Crippen MR) is 80.1 cm³/mol. The van der Waals surface area contributed by atoms with Crippen LogP contribution in [-0.2, 0) is 19.4 Å². The van der Waals surface area contributed by atoms with Crippen molar-refractivity contribution in [3.8, 4) is 0 Å². The fourth-order valence-corrected chi connectivity index (χ4v) is 3.68. The van der Waals surface area contributed by atoms with Gasteiger partial charge in [-0.3, -0.25) is 4.68 Å². The van der Waals surface area contributed by atoms with Crippen LogP contribution in [0.5, 0.6) is 0 Å². The van der Waals surface area contributed by atoms with E-state index in [9.17, 15) is 0 Å². The fourth-order valence-electron chi connectivity index (χ4n) is 3.68. The van der Waals surface area contributed by atoms with Crippen LogP contribution in [0.1, 0.15) is 57.8 Å². The van der Waals surface area contributed by atoms with Crippen molar-refractivity contribution in [2.24, 2.45) is 17.1 Å². The fraction of sp³-hybridized carbons (Fsp3) is 0.812. The van der Waals surface area contributed by atoms with Crippen molar-refractivity contribution in [1.82, 2.24) is 9.78 Å². The molecule has 0 spiro atoms. The molecule has 3 heteroatoms. The normalized spacial score (nSPS) is 27.7. The van der Waals surface area contributed by atoms with E-state index in [4.69, 9.17) is 5.73 Å². The molecule has 0 radical (unpaired) electrons. The Bertz CT molecular complexity index is 410. The van der Waals surface area contributed by atoms with Gasteiger partial charge in [-0.2, -0.15) is 5.10 Å². The lowest BCUT2D eigenvalue weighted by Crippen LogP contribution is -2.37. The van der Waals surface area contributed by atoms with E-state index in [1.54, 1.807) is 0 Å². The summed E-state index contributed by atoms with van der Waals surface area (Å²) in [5, 5.41) is 4.67. The maximum absolute atomic E-state index is 6.15. The number of rotatable bonds is 5. The monoisotopic (exact) mass is 263 g/mol. The first-order valence-electron chi connectivity index (χ1n) is 7.88. The maximum atomic E-state index is 6.15. The van der Waals surface area contributed by atoms with Crippen molar-refractivity contribution >= 4 is 0 Å². The van der Waals surface area contributed by atoms with Gasteiger partial charge in [0.15, 0.2) is 0 Å². The van der Waals surface area contributed by atoms with E-state index in [1.165, 1.54) is 37.1 Å². The topological polar surface area (TPSA) is 43.8 Å². The van der Waals surface area contributed by atoms with Crippen molar-refractivity contribution in [2.75, 3.05) is 6.54 Å². The van der Waals surface area contributed by atoms with Crippen molar-refractivity contribution < 1.29 is 0 Å². The Kier molecular flexibility index (Phi) is 4.67. The molecule has 0 aromatic carbocycles. The van der Waals surface area contributed by atoms with Crippen molar-refractivity contribution in [3.63, 3.8) is 0 Å². The number of hydrogen-bond donors (Lipinski definition) is 1. The van der Waals surface area contributed by atoms with Gasteiger partial charge in [0.1, 0.15) is 0 Å². The molecule has 108 valence electrons. The number of hydrogen-bond acceptors (Lipinski definition) is 2. The average Bonchev–Trinajstić information content (AvgIpc) is 2.80. The third-order valence-electron chi connectivity index (χ3n) is 4.75. The van der Waals surface area contributed by atoms with Gasteiger partial charge in [0.05, 0.1) is 5.69 Å². The number of aromatic nitrogens is 2. The third-order valence-corrected chi connectivity index (χ3v) is 4.75. The second-order valence-electron chi connectivity index (χ2n) is 6.38. The number of nitrogens with two attached hydrogens (primary N) is 1. The Labute approximate surface area is 117 Å². The molecule has 2 rings (SSSR count). The van der Waals surface area contributed by atoms with Gasteiger partial charge in [0.25, 0.3) is 0 Å². The SMILES string of the molecule is CCc1cc(CC2(CN)CCCC(C)C2)n(CC)n1. The summed E-state index contributed by atoms with van der Waals surface area (Å²) in [6, 6.07) is 2.29. The quantitative estimate of drug-likeness (QED) is 0.887. The van der Waals surface area contributed by atoms with E-state index < -0.39 is 0 Å². The molecule has 1 aromatic rings. The summed E-state index contributed by atoms with van der Waals surface area (Å²) in [7, 11) is 0. The third kappa shape index (κ3) is 3.19. The molecule has 1 aromatic heterocycles. The van der Waals surface area contributed by atoms with E-state index >= 15 is 0 Å². The van der Waals surface area contributed by atoms with E-state index in [-0.39, 0.29) is 0 Å². The van der Waals surface area contributed by atoms with Gasteiger partial charge in [-0.15, -0.1) is 0 Å². The zero-order chi connectivity index (χ0) is 13.9. The highest BCUT2D eigenvalue weighted by Crippen LogP contribution is 2.41. The van der Waals surface area contributed by atoms with E-state index in [2.05, 4.69) is 36.6 Å². The summed E-state index contributed by atoms with van der Waals surface area (Å²) in [5.74, 6) is 0.820. The van der Waals surface area contributed by atoms with Gasteiger partial charge in [-0.05, 0) is 56.6 Å². The van der Waals surface area contributed by atoms with Gasteiger partial charge in [0.2, 0.25) is 0 Å². The Hall–Kier alpha value is -0.830. The highest BCUT2D eigenvalue weighted by molar-refractivity contribution is 5.13. The second-order valence-corrected chi connectivity index (χ2v) is 6.38. The lowest BCUT2D eigenvalue weighted by Gasteiger charge is -2.39. The zero-order valence-corrected chi connectivity index (χ0v) is 12.8. The molecule has 2 unspecified atom stereocenters. The first-order chi connectivity index (χ1) is 9.12. The Morgan fingerprint density at radius 2 is 2.26 bits per heavy atom. The van der Waals surface area contributed by atoms with Crippen molar-refractivity contribution in [2.45, 2.75) is 65.8 Å². The summed E-state index contributed by atoms with van der Waals surface area (Å²) >= 11 is 0. The summed E-state index contributed by atoms with van der Waals surface area (Å²) in [6.45, 7) is 8.50. The van der Waals surface area contributed by atoms with E-state index in [1.807, 2.05) is 0 Å². The molecule has 1 heterocycles. The summed E-state index contributed by atoms with van der Waals surface area (Å²) in [6.07, 6.45) is 7.39. The van der Waals surface area contributed by atoms with Gasteiger partial charge < -0.3 is 5.73 Å². The van der Waals surface area contributed by atoms with Crippen LogP contribution >= 0.6 is 0 Å². The van der Waals surface area contributed by atoms with E-state index in [0.29, 0.717) is 5.41 Å². The molecule has 1 saturated carbocycles. The Morgan fingerprint density at radius 1 is 1.47 bits per heavy atom. The molecular weight excluding hydrogens is 234 g/mol. The zero-order valence-electron chi connectivity index (χ0n) is 12.8. The minimum absolute atomic E-state index is 0.315. The van der Waals surface area contributed by atoms with Crippen molar-refractivity contribution in [1.29, 1.82) is 0 Å². The molecule has 19 heavy (non-hydrogen) atoms. The van der Waals surface area contributed by atoms with Crippen molar-refractivity contribution in [3.05, 3.63) is 17.5 Å². The summed E-state index contributed by atoms with van der Waals surface area (Å²) < 4.78 is 2.18.